The molecule has 138 valence electrons. The van der Waals surface area contributed by atoms with E-state index in [4.69, 9.17) is 13.9 Å². The van der Waals surface area contributed by atoms with Crippen molar-refractivity contribution >= 4 is 11.8 Å². The lowest BCUT2D eigenvalue weighted by atomic mass is 10.1. The van der Waals surface area contributed by atoms with Crippen LogP contribution in [-0.4, -0.2) is 35.8 Å². The van der Waals surface area contributed by atoms with E-state index in [0.29, 0.717) is 22.6 Å². The number of rotatable bonds is 3. The first-order valence-electron chi connectivity index (χ1n) is 7.77. The highest BCUT2D eigenvalue weighted by Crippen LogP contribution is 2.20. The van der Waals surface area contributed by atoms with Crippen molar-refractivity contribution in [3.05, 3.63) is 70.2 Å². The highest BCUT2D eigenvalue weighted by atomic mass is 16.6. The third kappa shape index (κ3) is 3.56. The molecule has 3 aromatic rings. The van der Waals surface area contributed by atoms with Gasteiger partial charge in [-0.25, -0.2) is 4.79 Å². The fourth-order valence-corrected chi connectivity index (χ4v) is 2.42. The van der Waals surface area contributed by atoms with Crippen LogP contribution in [0.5, 0.6) is 11.8 Å². The summed E-state index contributed by atoms with van der Waals surface area (Å²) in [4.78, 5) is 33.4. The predicted molar refractivity (Wildman–Crippen MR) is 93.4 cm³/mol. The molecular formula is C18H15N3O6. The van der Waals surface area contributed by atoms with E-state index in [2.05, 4.69) is 10.4 Å². The van der Waals surface area contributed by atoms with Crippen LogP contribution in [0, 0.1) is 0 Å². The van der Waals surface area contributed by atoms with Gasteiger partial charge in [-0.2, -0.15) is 4.68 Å². The number of amides is 2. The van der Waals surface area contributed by atoms with Gasteiger partial charge in [-0.1, -0.05) is 29.4 Å². The number of carbonyl (C=O) groups is 2. The molecule has 0 saturated heterocycles. The standard InChI is InChI=1S/C10H10N2O4.C8H5NO2/c1-14-8-6-4-3-5-7(8)12-10(13)16-9(11-12)15-2;10-7-5-3-1-2-4-6(5)8(11)9-7/h3-6H,1-2H3;1-4H,(H,9,10,11). The highest BCUT2D eigenvalue weighted by molar-refractivity contribution is 6.21. The first-order valence-corrected chi connectivity index (χ1v) is 7.77. The number of nitrogens with one attached hydrogen (secondary N) is 1. The lowest BCUT2D eigenvalue weighted by Crippen LogP contribution is -2.19. The quantitative estimate of drug-likeness (QED) is 0.695. The summed E-state index contributed by atoms with van der Waals surface area (Å²) in [6.45, 7) is 0. The van der Waals surface area contributed by atoms with E-state index in [1.165, 1.54) is 14.2 Å². The van der Waals surface area contributed by atoms with E-state index in [9.17, 15) is 14.4 Å². The molecule has 2 amide bonds. The number of para-hydroxylation sites is 2. The zero-order valence-corrected chi connectivity index (χ0v) is 14.5. The van der Waals surface area contributed by atoms with E-state index in [1.807, 2.05) is 0 Å². The van der Waals surface area contributed by atoms with Gasteiger partial charge in [0.2, 0.25) is 0 Å². The van der Waals surface area contributed by atoms with Crippen LogP contribution >= 0.6 is 0 Å². The number of hydrogen-bond acceptors (Lipinski definition) is 7. The Labute approximate surface area is 153 Å². The number of ether oxygens (including phenoxy) is 2. The van der Waals surface area contributed by atoms with Gasteiger partial charge in [-0.15, -0.1) is 0 Å². The van der Waals surface area contributed by atoms with Crippen molar-refractivity contribution in [2.45, 2.75) is 0 Å². The minimum atomic E-state index is -0.624. The molecule has 2 heterocycles. The Morgan fingerprint density at radius 1 is 0.889 bits per heavy atom. The summed E-state index contributed by atoms with van der Waals surface area (Å²) in [6, 6.07) is 13.7. The summed E-state index contributed by atoms with van der Waals surface area (Å²) < 4.78 is 15.7. The molecule has 0 unspecified atom stereocenters. The number of imide groups is 1. The van der Waals surface area contributed by atoms with Crippen LogP contribution in [-0.2, 0) is 0 Å². The summed E-state index contributed by atoms with van der Waals surface area (Å²) in [7, 11) is 2.89. The maximum absolute atomic E-state index is 11.5. The van der Waals surface area contributed by atoms with Crippen molar-refractivity contribution in [2.75, 3.05) is 14.2 Å². The van der Waals surface area contributed by atoms with Gasteiger partial charge in [0.05, 0.1) is 25.3 Å². The maximum atomic E-state index is 11.5. The molecule has 4 rings (SSSR count). The Bertz CT molecular complexity index is 1020. The average molecular weight is 369 g/mol. The lowest BCUT2D eigenvalue weighted by Gasteiger charge is -2.04. The first-order chi connectivity index (χ1) is 13.0. The summed E-state index contributed by atoms with van der Waals surface area (Å²) in [5.74, 6) is -0.696. The molecule has 0 aliphatic carbocycles. The van der Waals surface area contributed by atoms with E-state index in [-0.39, 0.29) is 17.9 Å². The third-order valence-corrected chi connectivity index (χ3v) is 3.66. The summed E-state index contributed by atoms with van der Waals surface area (Å²) in [5, 5.41) is 6.05. The fraction of sp³-hybridized carbons (Fsp3) is 0.111. The molecule has 9 nitrogen and oxygen atoms in total. The number of hydrogen-bond donors (Lipinski definition) is 1. The third-order valence-electron chi connectivity index (χ3n) is 3.66. The molecule has 1 aliphatic rings. The maximum Gasteiger partial charge on any atom is 0.444 e. The second kappa shape index (κ2) is 7.56. The fourth-order valence-electron chi connectivity index (χ4n) is 2.42. The summed E-state index contributed by atoms with van der Waals surface area (Å²) >= 11 is 0. The summed E-state index contributed by atoms with van der Waals surface area (Å²) in [6.07, 6.45) is -0.0871. The predicted octanol–water partition coefficient (Wildman–Crippen LogP) is 1.41. The van der Waals surface area contributed by atoms with E-state index in [1.54, 1.807) is 48.5 Å². The molecular weight excluding hydrogens is 354 g/mol. The largest absolute Gasteiger partial charge is 0.494 e. The average Bonchev–Trinajstić information content (AvgIpc) is 3.22. The molecule has 0 saturated carbocycles. The van der Waals surface area contributed by atoms with Gasteiger partial charge in [0.15, 0.2) is 0 Å². The Balaban J connectivity index is 0.000000166. The van der Waals surface area contributed by atoms with Crippen molar-refractivity contribution < 1.29 is 23.5 Å². The van der Waals surface area contributed by atoms with Crippen LogP contribution in [0.2, 0.25) is 0 Å². The minimum absolute atomic E-state index is 0.0871. The zero-order valence-electron chi connectivity index (χ0n) is 14.5. The Morgan fingerprint density at radius 2 is 1.48 bits per heavy atom. The van der Waals surface area contributed by atoms with Gasteiger partial charge < -0.3 is 13.9 Å². The summed E-state index contributed by atoms with van der Waals surface area (Å²) in [5.41, 5.74) is 1.44. The van der Waals surface area contributed by atoms with Crippen molar-refractivity contribution in [1.82, 2.24) is 15.1 Å². The van der Waals surface area contributed by atoms with E-state index < -0.39 is 5.76 Å². The molecule has 2 aromatic carbocycles. The van der Waals surface area contributed by atoms with Gasteiger partial charge in [-0.05, 0) is 24.3 Å². The molecule has 27 heavy (non-hydrogen) atoms. The Morgan fingerprint density at radius 3 is 2.04 bits per heavy atom. The van der Waals surface area contributed by atoms with Crippen LogP contribution in [0.25, 0.3) is 5.69 Å². The lowest BCUT2D eigenvalue weighted by molar-refractivity contribution is 0.0879. The first kappa shape index (κ1) is 17.9. The molecule has 1 N–H and O–H groups in total. The second-order valence-electron chi connectivity index (χ2n) is 5.25. The molecule has 0 atom stereocenters. The molecule has 1 aliphatic heterocycles. The van der Waals surface area contributed by atoms with E-state index >= 15 is 0 Å². The number of aromatic nitrogens is 2. The molecule has 0 spiro atoms. The van der Waals surface area contributed by atoms with Crippen molar-refractivity contribution in [3.63, 3.8) is 0 Å². The molecule has 0 fully saturated rings. The molecule has 9 heteroatoms. The Kier molecular flexibility index (Phi) is 5.02. The topological polar surface area (TPSA) is 113 Å². The molecule has 0 bridgehead atoms. The SMILES string of the molecule is COc1nn(-c2ccccc2OC)c(=O)o1.O=C1NC(=O)c2ccccc21. The van der Waals surface area contributed by atoms with Gasteiger partial charge in [0.1, 0.15) is 11.4 Å². The number of nitrogens with zero attached hydrogens (tertiary/aromatic N) is 2. The van der Waals surface area contributed by atoms with Crippen LogP contribution in [0.15, 0.2) is 57.7 Å². The van der Waals surface area contributed by atoms with Gasteiger partial charge in [-0.3, -0.25) is 14.9 Å². The number of methoxy groups -OCH3 is 2. The van der Waals surface area contributed by atoms with Crippen LogP contribution < -0.4 is 20.5 Å². The second-order valence-corrected chi connectivity index (χ2v) is 5.25. The van der Waals surface area contributed by atoms with Crippen LogP contribution in [0.3, 0.4) is 0 Å². The van der Waals surface area contributed by atoms with Crippen molar-refractivity contribution in [1.29, 1.82) is 0 Å². The van der Waals surface area contributed by atoms with Gasteiger partial charge in [0, 0.05) is 0 Å². The van der Waals surface area contributed by atoms with Gasteiger partial charge >= 0.3 is 11.8 Å². The van der Waals surface area contributed by atoms with Gasteiger partial charge in [0.25, 0.3) is 11.8 Å². The normalized spacial score (nSPS) is 11.9. The number of carbonyl (C=O) groups excluding carboxylic acids is 2. The number of fused-ring (bicyclic) bond motifs is 1. The highest BCUT2D eigenvalue weighted by Gasteiger charge is 2.25. The minimum Gasteiger partial charge on any atom is -0.494 e. The smallest absolute Gasteiger partial charge is 0.444 e. The van der Waals surface area contributed by atoms with Crippen molar-refractivity contribution in [2.24, 2.45) is 0 Å². The monoisotopic (exact) mass is 369 g/mol. The Hall–Kier alpha value is -3.88. The van der Waals surface area contributed by atoms with E-state index in [0.717, 1.165) is 4.68 Å². The van der Waals surface area contributed by atoms with Crippen LogP contribution in [0.4, 0.5) is 0 Å². The molecule has 0 radical (unpaired) electrons. The molecule has 1 aromatic heterocycles. The number of benzene rings is 2. The van der Waals surface area contributed by atoms with Crippen molar-refractivity contribution in [3.8, 4) is 17.5 Å². The zero-order chi connectivity index (χ0) is 19.4. The van der Waals surface area contributed by atoms with Crippen LogP contribution in [0.1, 0.15) is 20.7 Å².